The number of esters is 2. The molecule has 9 heteroatoms. The molecular weight excluding hydrogens is 378 g/mol. The van der Waals surface area contributed by atoms with Crippen molar-refractivity contribution in [2.75, 3.05) is 18.5 Å². The van der Waals surface area contributed by atoms with Gasteiger partial charge in [-0.25, -0.2) is 14.7 Å². The fraction of sp³-hybridized carbons (Fsp3) is 0.150. The quantitative estimate of drug-likeness (QED) is 0.610. The van der Waals surface area contributed by atoms with E-state index in [2.05, 4.69) is 15.5 Å². The molecule has 0 spiro atoms. The Morgan fingerprint density at radius 1 is 0.966 bits per heavy atom. The normalized spacial score (nSPS) is 10.4. The molecule has 2 N–H and O–H groups in total. The SMILES string of the molecule is CCOC(=O)c1ccccc1NC(=O)COC(=O)c1n[nH]c(=O)c2ccccc12. The topological polar surface area (TPSA) is 127 Å². The lowest BCUT2D eigenvalue weighted by Gasteiger charge is -2.10. The molecule has 3 aromatic rings. The summed E-state index contributed by atoms with van der Waals surface area (Å²) in [7, 11) is 0. The third kappa shape index (κ3) is 4.46. The van der Waals surface area contributed by atoms with E-state index in [-0.39, 0.29) is 28.9 Å². The number of carbonyl (C=O) groups excluding carboxylic acids is 3. The van der Waals surface area contributed by atoms with Gasteiger partial charge in [-0.15, -0.1) is 0 Å². The van der Waals surface area contributed by atoms with E-state index in [1.54, 1.807) is 43.3 Å². The number of benzene rings is 2. The van der Waals surface area contributed by atoms with Crippen LogP contribution in [0.2, 0.25) is 0 Å². The molecule has 0 saturated heterocycles. The van der Waals surface area contributed by atoms with Crippen molar-refractivity contribution >= 4 is 34.3 Å². The van der Waals surface area contributed by atoms with Gasteiger partial charge in [0.15, 0.2) is 12.3 Å². The molecule has 9 nitrogen and oxygen atoms in total. The van der Waals surface area contributed by atoms with Crippen LogP contribution in [-0.2, 0) is 14.3 Å². The molecule has 0 aliphatic heterocycles. The largest absolute Gasteiger partial charge is 0.462 e. The van der Waals surface area contributed by atoms with Crippen LogP contribution in [0.1, 0.15) is 27.8 Å². The van der Waals surface area contributed by atoms with Crippen molar-refractivity contribution in [2.45, 2.75) is 6.92 Å². The van der Waals surface area contributed by atoms with E-state index in [4.69, 9.17) is 9.47 Å². The maximum absolute atomic E-state index is 12.3. The van der Waals surface area contributed by atoms with Gasteiger partial charge in [-0.05, 0) is 25.1 Å². The van der Waals surface area contributed by atoms with Gasteiger partial charge in [0.25, 0.3) is 11.5 Å². The van der Waals surface area contributed by atoms with Gasteiger partial charge in [0, 0.05) is 5.39 Å². The van der Waals surface area contributed by atoms with Crippen LogP contribution < -0.4 is 10.9 Å². The Morgan fingerprint density at radius 3 is 2.41 bits per heavy atom. The highest BCUT2D eigenvalue weighted by Crippen LogP contribution is 2.17. The Morgan fingerprint density at radius 2 is 1.66 bits per heavy atom. The molecule has 1 aromatic heterocycles. The predicted octanol–water partition coefficient (Wildman–Crippen LogP) is 1.90. The Labute approximate surface area is 164 Å². The fourth-order valence-electron chi connectivity index (χ4n) is 2.64. The first-order valence-electron chi connectivity index (χ1n) is 8.71. The van der Waals surface area contributed by atoms with E-state index in [0.29, 0.717) is 5.39 Å². The van der Waals surface area contributed by atoms with Crippen LogP contribution in [0.4, 0.5) is 5.69 Å². The molecule has 1 amide bonds. The molecule has 0 saturated carbocycles. The van der Waals surface area contributed by atoms with E-state index in [1.807, 2.05) is 0 Å². The van der Waals surface area contributed by atoms with Crippen LogP contribution in [0.15, 0.2) is 53.3 Å². The number of hydrogen-bond acceptors (Lipinski definition) is 7. The molecule has 3 rings (SSSR count). The summed E-state index contributed by atoms with van der Waals surface area (Å²) >= 11 is 0. The lowest BCUT2D eigenvalue weighted by Crippen LogP contribution is -2.23. The summed E-state index contributed by atoms with van der Waals surface area (Å²) in [5, 5.41) is 9.05. The number of hydrogen-bond donors (Lipinski definition) is 2. The summed E-state index contributed by atoms with van der Waals surface area (Å²) in [4.78, 5) is 48.2. The molecule has 0 fully saturated rings. The smallest absolute Gasteiger partial charge is 0.359 e. The Balaban J connectivity index is 1.70. The molecule has 0 radical (unpaired) electrons. The van der Waals surface area contributed by atoms with Crippen molar-refractivity contribution in [3.05, 3.63) is 70.1 Å². The van der Waals surface area contributed by atoms with Crippen molar-refractivity contribution in [1.29, 1.82) is 0 Å². The highest BCUT2D eigenvalue weighted by atomic mass is 16.5. The minimum atomic E-state index is -0.869. The first-order chi connectivity index (χ1) is 14.0. The summed E-state index contributed by atoms with van der Waals surface area (Å²) in [6.07, 6.45) is 0. The van der Waals surface area contributed by atoms with Gasteiger partial charge in [-0.2, -0.15) is 5.10 Å². The third-order valence-electron chi connectivity index (χ3n) is 3.92. The van der Waals surface area contributed by atoms with Crippen molar-refractivity contribution < 1.29 is 23.9 Å². The molecule has 2 aromatic carbocycles. The molecule has 0 aliphatic carbocycles. The molecule has 0 unspecified atom stereocenters. The number of aromatic amines is 1. The number of fused-ring (bicyclic) bond motifs is 1. The van der Waals surface area contributed by atoms with E-state index in [1.165, 1.54) is 12.1 Å². The molecule has 148 valence electrons. The summed E-state index contributed by atoms with van der Waals surface area (Å²) in [5.74, 6) is -2.10. The Kier molecular flexibility index (Phi) is 5.98. The van der Waals surface area contributed by atoms with E-state index >= 15 is 0 Å². The van der Waals surface area contributed by atoms with E-state index in [9.17, 15) is 19.2 Å². The maximum Gasteiger partial charge on any atom is 0.359 e. The first kappa shape index (κ1) is 19.7. The third-order valence-corrected chi connectivity index (χ3v) is 3.92. The van der Waals surface area contributed by atoms with Crippen LogP contribution in [0.25, 0.3) is 10.8 Å². The van der Waals surface area contributed by atoms with Crippen LogP contribution >= 0.6 is 0 Å². The highest BCUT2D eigenvalue weighted by molar-refractivity contribution is 6.04. The molecular formula is C20H17N3O6. The van der Waals surface area contributed by atoms with Crippen molar-refractivity contribution in [2.24, 2.45) is 0 Å². The lowest BCUT2D eigenvalue weighted by atomic mass is 10.1. The van der Waals surface area contributed by atoms with Gasteiger partial charge in [-0.1, -0.05) is 30.3 Å². The number of H-pyrrole nitrogens is 1. The standard InChI is InChI=1S/C20H17N3O6/c1-2-28-19(26)14-9-5-6-10-15(14)21-16(24)11-29-20(27)17-12-7-3-4-8-13(12)18(25)23-22-17/h3-10H,2,11H2,1H3,(H,21,24)(H,23,25). The van der Waals surface area contributed by atoms with Crippen LogP contribution in [-0.4, -0.2) is 41.3 Å². The monoisotopic (exact) mass is 395 g/mol. The number of amides is 1. The molecule has 1 heterocycles. The second-order valence-electron chi connectivity index (χ2n) is 5.84. The van der Waals surface area contributed by atoms with Gasteiger partial charge >= 0.3 is 11.9 Å². The zero-order valence-electron chi connectivity index (χ0n) is 15.4. The van der Waals surface area contributed by atoms with Gasteiger partial charge in [0.2, 0.25) is 0 Å². The van der Waals surface area contributed by atoms with Crippen LogP contribution in [0.5, 0.6) is 0 Å². The second-order valence-corrected chi connectivity index (χ2v) is 5.84. The van der Waals surface area contributed by atoms with Crippen molar-refractivity contribution in [3.8, 4) is 0 Å². The molecule has 0 atom stereocenters. The van der Waals surface area contributed by atoms with E-state index in [0.717, 1.165) is 0 Å². The number of carbonyl (C=O) groups is 3. The summed E-state index contributed by atoms with van der Waals surface area (Å²) < 4.78 is 9.95. The minimum Gasteiger partial charge on any atom is -0.462 e. The minimum absolute atomic E-state index is 0.111. The zero-order valence-corrected chi connectivity index (χ0v) is 15.4. The average molecular weight is 395 g/mol. The first-order valence-corrected chi connectivity index (χ1v) is 8.71. The average Bonchev–Trinajstić information content (AvgIpc) is 2.73. The van der Waals surface area contributed by atoms with Crippen molar-refractivity contribution in [1.82, 2.24) is 10.2 Å². The number of nitrogens with one attached hydrogen (secondary N) is 2. The highest BCUT2D eigenvalue weighted by Gasteiger charge is 2.18. The number of anilines is 1. The summed E-state index contributed by atoms with van der Waals surface area (Å²) in [6.45, 7) is 1.26. The van der Waals surface area contributed by atoms with E-state index < -0.39 is 30.0 Å². The number of rotatable bonds is 6. The van der Waals surface area contributed by atoms with Gasteiger partial charge < -0.3 is 14.8 Å². The van der Waals surface area contributed by atoms with Gasteiger partial charge in [0.05, 0.1) is 23.2 Å². The number of ether oxygens (including phenoxy) is 2. The number of aromatic nitrogens is 2. The summed E-state index contributed by atoms with van der Waals surface area (Å²) in [5.41, 5.74) is -0.132. The lowest BCUT2D eigenvalue weighted by molar-refractivity contribution is -0.119. The maximum atomic E-state index is 12.3. The van der Waals surface area contributed by atoms with Gasteiger partial charge in [-0.3, -0.25) is 9.59 Å². The fourth-order valence-corrected chi connectivity index (χ4v) is 2.64. The summed E-state index contributed by atoms with van der Waals surface area (Å²) in [6, 6.07) is 12.7. The number of nitrogens with zero attached hydrogens (tertiary/aromatic N) is 1. The van der Waals surface area contributed by atoms with Crippen LogP contribution in [0, 0.1) is 0 Å². The Hall–Kier alpha value is -4.01. The van der Waals surface area contributed by atoms with Crippen LogP contribution in [0.3, 0.4) is 0 Å². The predicted molar refractivity (Wildman–Crippen MR) is 104 cm³/mol. The molecule has 29 heavy (non-hydrogen) atoms. The van der Waals surface area contributed by atoms with Gasteiger partial charge in [0.1, 0.15) is 0 Å². The van der Waals surface area contributed by atoms with Crippen molar-refractivity contribution in [3.63, 3.8) is 0 Å². The number of para-hydroxylation sites is 1. The zero-order chi connectivity index (χ0) is 20.8. The molecule has 0 aliphatic rings. The molecule has 0 bridgehead atoms. The Bertz CT molecular complexity index is 1140. The second kappa shape index (κ2) is 8.79.